The summed E-state index contributed by atoms with van der Waals surface area (Å²) in [6, 6.07) is 5.14. The van der Waals surface area contributed by atoms with Crippen molar-refractivity contribution in [1.29, 1.82) is 0 Å². The lowest BCUT2D eigenvalue weighted by Gasteiger charge is -2.12. The molecule has 1 atom stereocenters. The van der Waals surface area contributed by atoms with Crippen LogP contribution in [0.3, 0.4) is 0 Å². The first-order valence-corrected chi connectivity index (χ1v) is 6.34. The van der Waals surface area contributed by atoms with Crippen LogP contribution in [0.15, 0.2) is 29.2 Å². The molecule has 0 aliphatic carbocycles. The highest BCUT2D eigenvalue weighted by Gasteiger charge is 2.18. The zero-order chi connectivity index (χ0) is 13.5. The fraction of sp³-hybridized carbons (Fsp3) is 0.273. The number of benzene rings is 1. The lowest BCUT2D eigenvalue weighted by molar-refractivity contribution is -0.140. The second-order valence-corrected chi connectivity index (χ2v) is 4.28. The monoisotopic (exact) mass is 270 g/mol. The van der Waals surface area contributed by atoms with Crippen LogP contribution in [0.4, 0.5) is 10.5 Å². The zero-order valence-corrected chi connectivity index (χ0v) is 10.5. The number of anilines is 1. The van der Waals surface area contributed by atoms with Gasteiger partial charge in [0.05, 0.1) is 6.61 Å². The van der Waals surface area contributed by atoms with E-state index in [4.69, 9.17) is 10.2 Å². The number of thioether (sulfide) groups is 1. The highest BCUT2D eigenvalue weighted by atomic mass is 32.2. The van der Waals surface area contributed by atoms with Crippen molar-refractivity contribution in [1.82, 2.24) is 5.32 Å². The molecule has 7 heteroatoms. The Morgan fingerprint density at radius 1 is 1.44 bits per heavy atom. The first-order chi connectivity index (χ1) is 8.56. The number of amides is 2. The second-order valence-electron chi connectivity index (χ2n) is 3.40. The molecule has 0 aliphatic heterocycles. The van der Waals surface area contributed by atoms with E-state index in [1.165, 1.54) is 11.8 Å². The lowest BCUT2D eigenvalue weighted by atomic mass is 10.3. The summed E-state index contributed by atoms with van der Waals surface area (Å²) in [5.74, 6) is -1.29. The van der Waals surface area contributed by atoms with Crippen molar-refractivity contribution in [3.05, 3.63) is 24.3 Å². The van der Waals surface area contributed by atoms with Crippen LogP contribution in [0.25, 0.3) is 0 Å². The molecule has 98 valence electrons. The highest BCUT2D eigenvalue weighted by Crippen LogP contribution is 2.18. The Morgan fingerprint density at radius 2 is 2.17 bits per heavy atom. The standard InChI is InChI=1S/C11H14N2O4S/c1-18-8-4-2-3-7(5-8)12-11(17)13-9(6-14)10(15)16/h2-5,9,14H,6H2,1H3,(H,15,16)(H2,12,13,17)/t9-/m0/s1. The van der Waals surface area contributed by atoms with Crippen molar-refractivity contribution in [2.45, 2.75) is 10.9 Å². The van der Waals surface area contributed by atoms with Crippen LogP contribution in [0.5, 0.6) is 0 Å². The van der Waals surface area contributed by atoms with Gasteiger partial charge in [0, 0.05) is 10.6 Å². The fourth-order valence-corrected chi connectivity index (χ4v) is 1.67. The van der Waals surface area contributed by atoms with Crippen molar-refractivity contribution in [3.63, 3.8) is 0 Å². The topological polar surface area (TPSA) is 98.7 Å². The third-order valence-corrected chi connectivity index (χ3v) is 2.84. The lowest BCUT2D eigenvalue weighted by Crippen LogP contribution is -2.45. The van der Waals surface area contributed by atoms with Gasteiger partial charge >= 0.3 is 12.0 Å². The average molecular weight is 270 g/mol. The molecule has 1 rings (SSSR count). The van der Waals surface area contributed by atoms with Gasteiger partial charge in [0.25, 0.3) is 0 Å². The summed E-state index contributed by atoms with van der Waals surface area (Å²) in [7, 11) is 0. The first-order valence-electron chi connectivity index (χ1n) is 5.12. The van der Waals surface area contributed by atoms with Gasteiger partial charge in [-0.05, 0) is 24.5 Å². The van der Waals surface area contributed by atoms with E-state index < -0.39 is 24.6 Å². The molecule has 1 aromatic carbocycles. The number of hydrogen-bond donors (Lipinski definition) is 4. The van der Waals surface area contributed by atoms with Crippen molar-refractivity contribution < 1.29 is 19.8 Å². The van der Waals surface area contributed by atoms with E-state index in [1.807, 2.05) is 12.3 Å². The molecular formula is C11H14N2O4S. The quantitative estimate of drug-likeness (QED) is 0.598. The van der Waals surface area contributed by atoms with Crippen LogP contribution in [-0.2, 0) is 4.79 Å². The molecule has 6 nitrogen and oxygen atoms in total. The van der Waals surface area contributed by atoms with Gasteiger partial charge in [-0.1, -0.05) is 6.07 Å². The number of rotatable bonds is 5. The predicted octanol–water partition coefficient (Wildman–Crippen LogP) is 0.976. The molecule has 0 fully saturated rings. The van der Waals surface area contributed by atoms with Gasteiger partial charge in [0.15, 0.2) is 6.04 Å². The molecule has 18 heavy (non-hydrogen) atoms. The minimum absolute atomic E-state index is 0.557. The molecule has 0 bridgehead atoms. The molecule has 0 heterocycles. The molecule has 1 aromatic rings. The number of aliphatic hydroxyl groups is 1. The van der Waals surface area contributed by atoms with Crippen LogP contribution in [0.1, 0.15) is 0 Å². The maximum atomic E-state index is 11.5. The van der Waals surface area contributed by atoms with Crippen LogP contribution in [-0.4, -0.2) is 41.1 Å². The van der Waals surface area contributed by atoms with Crippen LogP contribution >= 0.6 is 11.8 Å². The number of carboxylic acid groups (broad SMARTS) is 1. The number of urea groups is 1. The minimum atomic E-state index is -1.31. The van der Waals surface area contributed by atoms with E-state index in [-0.39, 0.29) is 0 Å². The SMILES string of the molecule is CSc1cccc(NC(=O)N[C@@H](CO)C(=O)O)c1. The largest absolute Gasteiger partial charge is 0.480 e. The highest BCUT2D eigenvalue weighted by molar-refractivity contribution is 7.98. The van der Waals surface area contributed by atoms with Gasteiger partial charge in [-0.3, -0.25) is 0 Å². The summed E-state index contributed by atoms with van der Waals surface area (Å²) < 4.78 is 0. The van der Waals surface area contributed by atoms with Gasteiger partial charge in [-0.25, -0.2) is 9.59 Å². The van der Waals surface area contributed by atoms with Crippen LogP contribution in [0, 0.1) is 0 Å². The van der Waals surface area contributed by atoms with Gasteiger partial charge < -0.3 is 20.8 Å². The summed E-state index contributed by atoms with van der Waals surface area (Å²) in [5.41, 5.74) is 0.557. The second kappa shape index (κ2) is 6.87. The first kappa shape index (κ1) is 14.3. The Kier molecular flexibility index (Phi) is 5.47. The van der Waals surface area contributed by atoms with Gasteiger partial charge in [0.1, 0.15) is 0 Å². The third-order valence-electron chi connectivity index (χ3n) is 2.11. The predicted molar refractivity (Wildman–Crippen MR) is 68.9 cm³/mol. The molecule has 0 saturated carbocycles. The Labute approximate surface area is 108 Å². The Morgan fingerprint density at radius 3 is 2.72 bits per heavy atom. The van der Waals surface area contributed by atoms with Crippen molar-refractivity contribution in [2.24, 2.45) is 0 Å². The molecule has 0 spiro atoms. The number of aliphatic hydroxyl groups excluding tert-OH is 1. The normalized spacial score (nSPS) is 11.7. The van der Waals surface area contributed by atoms with Crippen molar-refractivity contribution >= 4 is 29.4 Å². The Balaban J connectivity index is 2.61. The van der Waals surface area contributed by atoms with Gasteiger partial charge in [-0.2, -0.15) is 0 Å². The average Bonchev–Trinajstić information content (AvgIpc) is 2.35. The molecule has 0 saturated heterocycles. The Hall–Kier alpha value is -1.73. The minimum Gasteiger partial charge on any atom is -0.480 e. The molecule has 0 aromatic heterocycles. The van der Waals surface area contributed by atoms with E-state index in [1.54, 1.807) is 18.2 Å². The molecule has 2 amide bonds. The summed E-state index contributed by atoms with van der Waals surface area (Å²) in [6.45, 7) is -0.659. The van der Waals surface area contributed by atoms with Crippen molar-refractivity contribution in [3.8, 4) is 0 Å². The van der Waals surface area contributed by atoms with E-state index in [0.717, 1.165) is 4.90 Å². The van der Waals surface area contributed by atoms with E-state index in [0.29, 0.717) is 5.69 Å². The maximum absolute atomic E-state index is 11.5. The summed E-state index contributed by atoms with van der Waals surface area (Å²) in [6.07, 6.45) is 1.91. The smallest absolute Gasteiger partial charge is 0.328 e. The molecule has 0 unspecified atom stereocenters. The van der Waals surface area contributed by atoms with E-state index >= 15 is 0 Å². The molecular weight excluding hydrogens is 256 g/mol. The summed E-state index contributed by atoms with van der Waals surface area (Å²) in [4.78, 5) is 23.1. The van der Waals surface area contributed by atoms with E-state index in [2.05, 4.69) is 10.6 Å². The van der Waals surface area contributed by atoms with Gasteiger partial charge in [0.2, 0.25) is 0 Å². The number of carboxylic acids is 1. The molecule has 0 radical (unpaired) electrons. The van der Waals surface area contributed by atoms with Crippen LogP contribution < -0.4 is 10.6 Å². The maximum Gasteiger partial charge on any atom is 0.328 e. The van der Waals surface area contributed by atoms with Gasteiger partial charge in [-0.15, -0.1) is 11.8 Å². The third kappa shape index (κ3) is 4.27. The number of carbonyl (C=O) groups excluding carboxylic acids is 1. The summed E-state index contributed by atoms with van der Waals surface area (Å²) >= 11 is 1.53. The van der Waals surface area contributed by atoms with E-state index in [9.17, 15) is 9.59 Å². The zero-order valence-electron chi connectivity index (χ0n) is 9.71. The fourth-order valence-electron chi connectivity index (χ4n) is 1.21. The number of nitrogens with one attached hydrogen (secondary N) is 2. The molecule has 4 N–H and O–H groups in total. The molecule has 0 aliphatic rings. The number of hydrogen-bond acceptors (Lipinski definition) is 4. The number of carbonyl (C=O) groups is 2. The summed E-state index contributed by atoms with van der Waals surface area (Å²) in [5, 5.41) is 22.1. The van der Waals surface area contributed by atoms with Crippen LogP contribution in [0.2, 0.25) is 0 Å². The Bertz CT molecular complexity index is 439. The van der Waals surface area contributed by atoms with Crippen molar-refractivity contribution in [2.75, 3.05) is 18.2 Å². The number of aliphatic carboxylic acids is 1.